The molecule has 16 heteroatoms. The number of amides is 2. The van der Waals surface area contributed by atoms with Gasteiger partial charge < -0.3 is 19.7 Å². The van der Waals surface area contributed by atoms with Gasteiger partial charge in [-0.1, -0.05) is 0 Å². The number of nitrogens with one attached hydrogen (secondary N) is 1. The van der Waals surface area contributed by atoms with Crippen LogP contribution in [0.3, 0.4) is 0 Å². The summed E-state index contributed by atoms with van der Waals surface area (Å²) in [5, 5.41) is 2.65. The van der Waals surface area contributed by atoms with E-state index in [2.05, 4.69) is 30.0 Å². The molecule has 1 saturated heterocycles. The molecule has 1 aliphatic rings. The third-order valence-electron chi connectivity index (χ3n) is 6.32. The second kappa shape index (κ2) is 12.2. The van der Waals surface area contributed by atoms with Crippen molar-refractivity contribution in [2.24, 2.45) is 0 Å². The van der Waals surface area contributed by atoms with E-state index in [9.17, 15) is 31.5 Å². The molecule has 1 fully saturated rings. The maximum atomic E-state index is 13.8. The van der Waals surface area contributed by atoms with E-state index in [1.165, 1.54) is 12.4 Å². The van der Waals surface area contributed by atoms with Gasteiger partial charge in [0.1, 0.15) is 11.5 Å². The van der Waals surface area contributed by atoms with E-state index in [1.54, 1.807) is 11.8 Å². The summed E-state index contributed by atoms with van der Waals surface area (Å²) in [6, 6.07) is 2.18. The van der Waals surface area contributed by atoms with Crippen molar-refractivity contribution in [2.45, 2.75) is 38.5 Å². The summed E-state index contributed by atoms with van der Waals surface area (Å²) in [4.78, 5) is 45.2. The first-order chi connectivity index (χ1) is 19.7. The van der Waals surface area contributed by atoms with Crippen LogP contribution in [0.25, 0.3) is 0 Å². The first-order valence-electron chi connectivity index (χ1n) is 12.6. The molecule has 1 aromatic carbocycles. The predicted molar refractivity (Wildman–Crippen MR) is 137 cm³/mol. The molecule has 2 amide bonds. The Hall–Kier alpha value is -4.47. The van der Waals surface area contributed by atoms with Gasteiger partial charge in [-0.2, -0.15) is 13.2 Å². The van der Waals surface area contributed by atoms with E-state index in [-0.39, 0.29) is 35.6 Å². The third kappa shape index (κ3) is 7.63. The van der Waals surface area contributed by atoms with Gasteiger partial charge in [0.05, 0.1) is 36.4 Å². The highest BCUT2D eigenvalue weighted by Crippen LogP contribution is 2.26. The molecule has 0 spiro atoms. The standard InChI is InChI=1S/C26H26F5N7O4/c1-15(23(39)36-20-10-35-22(12-33-20)42-19-5-4-16(27)8-17(19)28)37-6-7-38(25(2,3)13-37)24(40)18-9-34-21(11-32-18)41-14-26(29,30)31/h4-5,8-12,15H,6-7,13-14H2,1-3H3,(H,33,36,39)/t15-/m0/s1. The number of nitrogens with zero attached hydrogens (tertiary/aromatic N) is 6. The van der Waals surface area contributed by atoms with Gasteiger partial charge in [-0.05, 0) is 32.9 Å². The Balaban J connectivity index is 1.32. The molecular formula is C26H26F5N7O4. The van der Waals surface area contributed by atoms with E-state index in [4.69, 9.17) is 4.74 Å². The van der Waals surface area contributed by atoms with E-state index in [1.807, 2.05) is 18.7 Å². The molecule has 3 heterocycles. The van der Waals surface area contributed by atoms with Crippen LogP contribution < -0.4 is 14.8 Å². The molecule has 224 valence electrons. The molecule has 3 aromatic rings. The van der Waals surface area contributed by atoms with Crippen molar-refractivity contribution in [1.82, 2.24) is 29.7 Å². The van der Waals surface area contributed by atoms with Gasteiger partial charge in [0, 0.05) is 25.7 Å². The maximum Gasteiger partial charge on any atom is 0.422 e. The van der Waals surface area contributed by atoms with Crippen LogP contribution in [0, 0.1) is 11.6 Å². The first-order valence-corrected chi connectivity index (χ1v) is 12.6. The number of alkyl halides is 3. The van der Waals surface area contributed by atoms with Crippen LogP contribution >= 0.6 is 0 Å². The molecule has 4 rings (SSSR count). The van der Waals surface area contributed by atoms with Crippen LogP contribution in [0.15, 0.2) is 43.0 Å². The fourth-order valence-corrected chi connectivity index (χ4v) is 4.20. The van der Waals surface area contributed by atoms with Crippen LogP contribution in [-0.4, -0.2) is 85.5 Å². The van der Waals surface area contributed by atoms with Gasteiger partial charge in [-0.15, -0.1) is 0 Å². The molecule has 1 atom stereocenters. The van der Waals surface area contributed by atoms with E-state index in [0.717, 1.165) is 24.5 Å². The summed E-state index contributed by atoms with van der Waals surface area (Å²) in [5.41, 5.74) is -0.805. The van der Waals surface area contributed by atoms with Gasteiger partial charge in [-0.25, -0.2) is 28.7 Å². The number of piperazine rings is 1. The zero-order chi connectivity index (χ0) is 30.7. The molecule has 42 heavy (non-hydrogen) atoms. The van der Waals surface area contributed by atoms with Crippen molar-refractivity contribution in [1.29, 1.82) is 0 Å². The molecule has 0 bridgehead atoms. The van der Waals surface area contributed by atoms with Crippen molar-refractivity contribution in [3.63, 3.8) is 0 Å². The zero-order valence-corrected chi connectivity index (χ0v) is 22.7. The van der Waals surface area contributed by atoms with Gasteiger partial charge in [0.25, 0.3) is 5.91 Å². The minimum Gasteiger partial charge on any atom is -0.467 e. The number of rotatable bonds is 8. The SMILES string of the molecule is C[C@@H](C(=O)Nc1cnc(Oc2ccc(F)cc2F)cn1)N1CCN(C(=O)c2cnc(OCC(F)(F)F)cn2)C(C)(C)C1. The summed E-state index contributed by atoms with van der Waals surface area (Å²) in [5.74, 6) is -3.07. The molecule has 0 aliphatic carbocycles. The summed E-state index contributed by atoms with van der Waals surface area (Å²) in [6.07, 6.45) is -0.122. The van der Waals surface area contributed by atoms with Gasteiger partial charge in [0.15, 0.2) is 24.0 Å². The summed E-state index contributed by atoms with van der Waals surface area (Å²) in [6.45, 7) is 4.68. The Kier molecular flexibility index (Phi) is 8.84. The van der Waals surface area contributed by atoms with Crippen LogP contribution in [0.4, 0.5) is 27.8 Å². The Morgan fingerprint density at radius 2 is 1.74 bits per heavy atom. The lowest BCUT2D eigenvalue weighted by atomic mass is 9.97. The number of benzene rings is 1. The minimum absolute atomic E-state index is 0.0603. The number of anilines is 1. The van der Waals surface area contributed by atoms with Gasteiger partial charge in [0.2, 0.25) is 17.7 Å². The number of carbonyl (C=O) groups excluding carboxylic acids is 2. The highest BCUT2D eigenvalue weighted by atomic mass is 19.4. The average molecular weight is 596 g/mol. The van der Waals surface area contributed by atoms with Crippen molar-refractivity contribution in [2.75, 3.05) is 31.6 Å². The van der Waals surface area contributed by atoms with Crippen LogP contribution in [0.5, 0.6) is 17.5 Å². The average Bonchev–Trinajstić information content (AvgIpc) is 2.93. The lowest BCUT2D eigenvalue weighted by molar-refractivity contribution is -0.154. The second-order valence-corrected chi connectivity index (χ2v) is 9.97. The molecule has 1 N–H and O–H groups in total. The number of hydrogen-bond donors (Lipinski definition) is 1. The van der Waals surface area contributed by atoms with Gasteiger partial charge in [-0.3, -0.25) is 14.5 Å². The van der Waals surface area contributed by atoms with E-state index >= 15 is 0 Å². The number of ether oxygens (including phenoxy) is 2. The largest absolute Gasteiger partial charge is 0.467 e. The van der Waals surface area contributed by atoms with Crippen LogP contribution in [-0.2, 0) is 4.79 Å². The molecule has 1 aliphatic heterocycles. The van der Waals surface area contributed by atoms with E-state index < -0.39 is 47.8 Å². The summed E-state index contributed by atoms with van der Waals surface area (Å²) in [7, 11) is 0. The molecule has 11 nitrogen and oxygen atoms in total. The normalized spacial score (nSPS) is 16.0. The number of aromatic nitrogens is 4. The number of hydrogen-bond acceptors (Lipinski definition) is 9. The van der Waals surface area contributed by atoms with Crippen molar-refractivity contribution in [3.05, 3.63) is 60.3 Å². The van der Waals surface area contributed by atoms with Crippen molar-refractivity contribution >= 4 is 17.6 Å². The minimum atomic E-state index is -4.53. The quantitative estimate of drug-likeness (QED) is 0.387. The third-order valence-corrected chi connectivity index (χ3v) is 6.32. The van der Waals surface area contributed by atoms with Crippen LogP contribution in [0.2, 0.25) is 0 Å². The highest BCUT2D eigenvalue weighted by Gasteiger charge is 2.40. The zero-order valence-electron chi connectivity index (χ0n) is 22.7. The fraction of sp³-hybridized carbons (Fsp3) is 0.385. The number of carbonyl (C=O) groups is 2. The Morgan fingerprint density at radius 3 is 2.33 bits per heavy atom. The highest BCUT2D eigenvalue weighted by molar-refractivity contribution is 5.94. The van der Waals surface area contributed by atoms with Gasteiger partial charge >= 0.3 is 6.18 Å². The summed E-state index contributed by atoms with van der Waals surface area (Å²) >= 11 is 0. The fourth-order valence-electron chi connectivity index (χ4n) is 4.20. The monoisotopic (exact) mass is 595 g/mol. The Bertz CT molecular complexity index is 1420. The number of halogens is 5. The van der Waals surface area contributed by atoms with E-state index in [0.29, 0.717) is 19.2 Å². The maximum absolute atomic E-state index is 13.8. The Morgan fingerprint density at radius 1 is 1.02 bits per heavy atom. The smallest absolute Gasteiger partial charge is 0.422 e. The second-order valence-electron chi connectivity index (χ2n) is 9.97. The molecule has 0 saturated carbocycles. The first kappa shape index (κ1) is 30.5. The van der Waals surface area contributed by atoms with Crippen molar-refractivity contribution < 1.29 is 41.0 Å². The molecular weight excluding hydrogens is 569 g/mol. The molecule has 2 aromatic heterocycles. The Labute approximate surface area is 236 Å². The van der Waals surface area contributed by atoms with Crippen LogP contribution in [0.1, 0.15) is 31.3 Å². The lowest BCUT2D eigenvalue weighted by Crippen LogP contribution is -2.63. The van der Waals surface area contributed by atoms with Crippen molar-refractivity contribution in [3.8, 4) is 17.5 Å². The topological polar surface area (TPSA) is 123 Å². The summed E-state index contributed by atoms with van der Waals surface area (Å²) < 4.78 is 73.7. The molecule has 0 unspecified atom stereocenters. The predicted octanol–water partition coefficient (Wildman–Crippen LogP) is 3.84. The lowest BCUT2D eigenvalue weighted by Gasteiger charge is -2.48. The molecule has 0 radical (unpaired) electrons.